The van der Waals surface area contributed by atoms with Crippen LogP contribution in [-0.4, -0.2) is 44.6 Å². The fourth-order valence-electron chi connectivity index (χ4n) is 3.39. The van der Waals surface area contributed by atoms with Crippen LogP contribution in [0.3, 0.4) is 0 Å². The molecule has 1 fully saturated rings. The van der Waals surface area contributed by atoms with Crippen molar-refractivity contribution in [1.29, 1.82) is 0 Å². The number of benzene rings is 1. The van der Waals surface area contributed by atoms with Gasteiger partial charge in [0.25, 0.3) is 0 Å². The van der Waals surface area contributed by atoms with Gasteiger partial charge >= 0.3 is 0 Å². The van der Waals surface area contributed by atoms with Crippen LogP contribution in [0.5, 0.6) is 5.75 Å². The van der Waals surface area contributed by atoms with E-state index in [0.717, 1.165) is 17.7 Å². The number of sulfonamides is 1. The van der Waals surface area contributed by atoms with Crippen molar-refractivity contribution in [1.82, 2.24) is 4.31 Å². The predicted molar refractivity (Wildman–Crippen MR) is 88.2 cm³/mol. The van der Waals surface area contributed by atoms with Crippen molar-refractivity contribution in [2.45, 2.75) is 31.6 Å². The van der Waals surface area contributed by atoms with Gasteiger partial charge < -0.3 is 10.1 Å². The highest BCUT2D eigenvalue weighted by Crippen LogP contribution is 2.46. The molecule has 2 aliphatic heterocycles. The summed E-state index contributed by atoms with van der Waals surface area (Å²) in [5, 5.41) is 2.88. The average Bonchev–Trinajstić information content (AvgIpc) is 3.10. The lowest BCUT2D eigenvalue weighted by molar-refractivity contribution is -0.120. The fourth-order valence-corrected chi connectivity index (χ4v) is 5.09. The standard InChI is InChI=1S/C16H22N2O4S/c1-3-4-9-23(20,21)18-8-7-16(11-18)13-10-12(22-2)5-6-14(13)17-15(16)19/h5-6,10H,3-4,7-9,11H2,1-2H3,(H,17,19). The molecule has 0 aromatic heterocycles. The lowest BCUT2D eigenvalue weighted by Crippen LogP contribution is -2.39. The van der Waals surface area contributed by atoms with E-state index in [-0.39, 0.29) is 18.2 Å². The second kappa shape index (κ2) is 5.79. The summed E-state index contributed by atoms with van der Waals surface area (Å²) in [4.78, 5) is 12.6. The quantitative estimate of drug-likeness (QED) is 0.887. The Labute approximate surface area is 136 Å². The summed E-state index contributed by atoms with van der Waals surface area (Å²) < 4.78 is 31.6. The summed E-state index contributed by atoms with van der Waals surface area (Å²) in [7, 11) is -1.73. The molecule has 2 aliphatic rings. The first-order valence-electron chi connectivity index (χ1n) is 7.91. The van der Waals surface area contributed by atoms with Gasteiger partial charge in [-0.3, -0.25) is 4.79 Å². The smallest absolute Gasteiger partial charge is 0.236 e. The van der Waals surface area contributed by atoms with E-state index in [1.54, 1.807) is 13.2 Å². The molecule has 1 aromatic carbocycles. The number of hydrogen-bond donors (Lipinski definition) is 1. The third-order valence-electron chi connectivity index (χ3n) is 4.81. The molecule has 0 radical (unpaired) electrons. The molecule has 23 heavy (non-hydrogen) atoms. The van der Waals surface area contributed by atoms with E-state index >= 15 is 0 Å². The largest absolute Gasteiger partial charge is 0.497 e. The molecule has 2 heterocycles. The molecule has 1 saturated heterocycles. The van der Waals surface area contributed by atoms with Crippen molar-refractivity contribution in [2.75, 3.05) is 31.3 Å². The van der Waals surface area contributed by atoms with Crippen LogP contribution in [-0.2, 0) is 20.2 Å². The van der Waals surface area contributed by atoms with Gasteiger partial charge in [0.1, 0.15) is 5.75 Å². The summed E-state index contributed by atoms with van der Waals surface area (Å²) in [6, 6.07) is 5.45. The highest BCUT2D eigenvalue weighted by Gasteiger charge is 2.53. The number of unbranched alkanes of at least 4 members (excludes halogenated alkanes) is 1. The van der Waals surface area contributed by atoms with Gasteiger partial charge in [-0.15, -0.1) is 0 Å². The van der Waals surface area contributed by atoms with Crippen LogP contribution in [0.2, 0.25) is 0 Å². The third-order valence-corrected chi connectivity index (χ3v) is 6.71. The first-order valence-corrected chi connectivity index (χ1v) is 9.51. The van der Waals surface area contributed by atoms with E-state index < -0.39 is 15.4 Å². The second-order valence-electron chi connectivity index (χ2n) is 6.20. The predicted octanol–water partition coefficient (Wildman–Crippen LogP) is 1.72. The van der Waals surface area contributed by atoms with E-state index in [0.29, 0.717) is 25.1 Å². The van der Waals surface area contributed by atoms with Gasteiger partial charge in [0.05, 0.1) is 18.3 Å². The number of ether oxygens (including phenoxy) is 1. The summed E-state index contributed by atoms with van der Waals surface area (Å²) >= 11 is 0. The van der Waals surface area contributed by atoms with Gasteiger partial charge in [0.15, 0.2) is 0 Å². The number of carbonyl (C=O) groups excluding carboxylic acids is 1. The summed E-state index contributed by atoms with van der Waals surface area (Å²) in [6.07, 6.45) is 1.98. The number of nitrogens with one attached hydrogen (secondary N) is 1. The van der Waals surface area contributed by atoms with Gasteiger partial charge in [0, 0.05) is 18.8 Å². The first-order chi connectivity index (χ1) is 10.9. The number of amides is 1. The Morgan fingerprint density at radius 1 is 1.39 bits per heavy atom. The summed E-state index contributed by atoms with van der Waals surface area (Å²) in [5.74, 6) is 0.701. The topological polar surface area (TPSA) is 75.7 Å². The Kier molecular flexibility index (Phi) is 4.10. The van der Waals surface area contributed by atoms with Crippen LogP contribution in [0, 0.1) is 0 Å². The van der Waals surface area contributed by atoms with Crippen LogP contribution in [0.4, 0.5) is 5.69 Å². The van der Waals surface area contributed by atoms with Crippen LogP contribution < -0.4 is 10.1 Å². The lowest BCUT2D eigenvalue weighted by Gasteiger charge is -2.22. The SMILES string of the molecule is CCCCS(=O)(=O)N1CCC2(C1)C(=O)Nc1ccc(OC)cc12. The van der Waals surface area contributed by atoms with Crippen molar-refractivity contribution in [3.05, 3.63) is 23.8 Å². The maximum Gasteiger partial charge on any atom is 0.236 e. The minimum absolute atomic E-state index is 0.117. The minimum atomic E-state index is -3.31. The maximum absolute atomic E-state index is 12.6. The molecule has 126 valence electrons. The molecule has 1 N–H and O–H groups in total. The Morgan fingerprint density at radius 2 is 2.17 bits per heavy atom. The molecule has 3 rings (SSSR count). The van der Waals surface area contributed by atoms with E-state index in [1.165, 1.54) is 4.31 Å². The number of rotatable bonds is 5. The van der Waals surface area contributed by atoms with Crippen molar-refractivity contribution in [2.24, 2.45) is 0 Å². The average molecular weight is 338 g/mol. The molecule has 6 nitrogen and oxygen atoms in total. The molecule has 0 saturated carbocycles. The van der Waals surface area contributed by atoms with Gasteiger partial charge in [0.2, 0.25) is 15.9 Å². The number of hydrogen-bond acceptors (Lipinski definition) is 4. The molecule has 0 bridgehead atoms. The molecule has 1 unspecified atom stereocenters. The Hall–Kier alpha value is -1.60. The van der Waals surface area contributed by atoms with Crippen molar-refractivity contribution in [3.8, 4) is 5.75 Å². The zero-order valence-corrected chi connectivity index (χ0v) is 14.3. The van der Waals surface area contributed by atoms with Crippen LogP contribution in [0.25, 0.3) is 0 Å². The zero-order chi connectivity index (χ0) is 16.7. The number of anilines is 1. The third kappa shape index (κ3) is 2.61. The van der Waals surface area contributed by atoms with Gasteiger partial charge in [-0.05, 0) is 36.6 Å². The normalized spacial score (nSPS) is 24.0. The highest BCUT2D eigenvalue weighted by atomic mass is 32.2. The Morgan fingerprint density at radius 3 is 2.87 bits per heavy atom. The van der Waals surface area contributed by atoms with Crippen molar-refractivity contribution >= 4 is 21.6 Å². The van der Waals surface area contributed by atoms with Crippen LogP contribution in [0.15, 0.2) is 18.2 Å². The lowest BCUT2D eigenvalue weighted by atomic mass is 9.81. The molecular formula is C16H22N2O4S. The molecule has 0 aliphatic carbocycles. The highest BCUT2D eigenvalue weighted by molar-refractivity contribution is 7.89. The molecule has 1 atom stereocenters. The Bertz CT molecular complexity index is 732. The molecule has 1 amide bonds. The fraction of sp³-hybridized carbons (Fsp3) is 0.562. The van der Waals surface area contributed by atoms with E-state index in [1.807, 2.05) is 19.1 Å². The summed E-state index contributed by atoms with van der Waals surface area (Å²) in [6.45, 7) is 2.56. The number of fused-ring (bicyclic) bond motifs is 2. The van der Waals surface area contributed by atoms with E-state index in [4.69, 9.17) is 4.74 Å². The van der Waals surface area contributed by atoms with Crippen molar-refractivity contribution < 1.29 is 17.9 Å². The monoisotopic (exact) mass is 338 g/mol. The molecule has 1 aromatic rings. The minimum Gasteiger partial charge on any atom is -0.497 e. The van der Waals surface area contributed by atoms with Gasteiger partial charge in [-0.2, -0.15) is 0 Å². The zero-order valence-electron chi connectivity index (χ0n) is 13.5. The van der Waals surface area contributed by atoms with Crippen LogP contribution >= 0.6 is 0 Å². The number of methoxy groups -OCH3 is 1. The van der Waals surface area contributed by atoms with E-state index in [9.17, 15) is 13.2 Å². The Balaban J connectivity index is 1.92. The number of nitrogens with zero attached hydrogens (tertiary/aromatic N) is 1. The van der Waals surface area contributed by atoms with Gasteiger partial charge in [-0.25, -0.2) is 12.7 Å². The van der Waals surface area contributed by atoms with Gasteiger partial charge in [-0.1, -0.05) is 13.3 Å². The second-order valence-corrected chi connectivity index (χ2v) is 8.29. The first kappa shape index (κ1) is 16.3. The number of carbonyl (C=O) groups is 1. The molecular weight excluding hydrogens is 316 g/mol. The molecule has 1 spiro atoms. The summed E-state index contributed by atoms with van der Waals surface area (Å²) in [5.41, 5.74) is 0.807. The van der Waals surface area contributed by atoms with E-state index in [2.05, 4.69) is 5.32 Å². The van der Waals surface area contributed by atoms with Crippen molar-refractivity contribution in [3.63, 3.8) is 0 Å². The van der Waals surface area contributed by atoms with Crippen LogP contribution in [0.1, 0.15) is 31.7 Å². The maximum atomic E-state index is 12.6. The molecule has 7 heteroatoms.